The van der Waals surface area contributed by atoms with E-state index in [1.807, 2.05) is 12.4 Å². The number of H-pyrrole nitrogens is 1. The summed E-state index contributed by atoms with van der Waals surface area (Å²) in [5.41, 5.74) is 2.07. The monoisotopic (exact) mass is 270 g/mol. The lowest BCUT2D eigenvalue weighted by molar-refractivity contribution is 0.322. The predicted octanol–water partition coefficient (Wildman–Crippen LogP) is 3.43. The standard InChI is InChI=1S/C15H18N4O/c1-20-15-12-9-17-14-11(7-8-16-14)13(12)19(18-15)10-5-3-2-4-6-10/h7-10H,2-6H2,1H3,(H,16,17). The van der Waals surface area contributed by atoms with E-state index < -0.39 is 0 Å². The highest BCUT2D eigenvalue weighted by Gasteiger charge is 2.22. The maximum Gasteiger partial charge on any atom is 0.242 e. The molecule has 20 heavy (non-hydrogen) atoms. The highest BCUT2D eigenvalue weighted by Crippen LogP contribution is 2.36. The molecular weight excluding hydrogens is 252 g/mol. The molecule has 1 fully saturated rings. The average molecular weight is 270 g/mol. The van der Waals surface area contributed by atoms with Crippen LogP contribution in [0, 0.1) is 0 Å². The highest BCUT2D eigenvalue weighted by molar-refractivity contribution is 6.04. The smallest absolute Gasteiger partial charge is 0.242 e. The van der Waals surface area contributed by atoms with Crippen molar-refractivity contribution < 1.29 is 4.74 Å². The van der Waals surface area contributed by atoms with Crippen LogP contribution in [-0.2, 0) is 0 Å². The molecule has 0 spiro atoms. The van der Waals surface area contributed by atoms with Gasteiger partial charge in [0.15, 0.2) is 0 Å². The van der Waals surface area contributed by atoms with Crippen LogP contribution in [0.1, 0.15) is 38.1 Å². The molecule has 5 heteroatoms. The van der Waals surface area contributed by atoms with Crippen LogP contribution in [-0.4, -0.2) is 26.9 Å². The predicted molar refractivity (Wildman–Crippen MR) is 78.1 cm³/mol. The van der Waals surface area contributed by atoms with Gasteiger partial charge in [0, 0.05) is 17.8 Å². The molecule has 0 aromatic carbocycles. The molecule has 0 radical (unpaired) electrons. The summed E-state index contributed by atoms with van der Waals surface area (Å²) >= 11 is 0. The second-order valence-corrected chi connectivity index (χ2v) is 5.51. The van der Waals surface area contributed by atoms with E-state index in [1.54, 1.807) is 7.11 Å². The van der Waals surface area contributed by atoms with Crippen LogP contribution in [0.25, 0.3) is 21.9 Å². The minimum Gasteiger partial charge on any atom is -0.479 e. The molecule has 3 aromatic heterocycles. The van der Waals surface area contributed by atoms with Crippen LogP contribution in [0.3, 0.4) is 0 Å². The third kappa shape index (κ3) is 1.62. The van der Waals surface area contributed by atoms with Crippen molar-refractivity contribution >= 4 is 21.9 Å². The SMILES string of the molecule is COc1nn(C2CCCCC2)c2c1cnc1[nH]ccc12. The Morgan fingerprint density at radius 1 is 1.25 bits per heavy atom. The average Bonchev–Trinajstić information content (AvgIpc) is 3.11. The topological polar surface area (TPSA) is 55.7 Å². The van der Waals surface area contributed by atoms with E-state index in [0.717, 1.165) is 21.9 Å². The number of nitrogens with one attached hydrogen (secondary N) is 1. The summed E-state index contributed by atoms with van der Waals surface area (Å²) in [5, 5.41) is 6.84. The first-order valence-electron chi connectivity index (χ1n) is 7.27. The van der Waals surface area contributed by atoms with E-state index >= 15 is 0 Å². The summed E-state index contributed by atoms with van der Waals surface area (Å²) in [6.07, 6.45) is 10.1. The number of ether oxygens (including phenoxy) is 1. The van der Waals surface area contributed by atoms with Gasteiger partial charge in [-0.15, -0.1) is 5.10 Å². The van der Waals surface area contributed by atoms with Crippen molar-refractivity contribution in [2.45, 2.75) is 38.1 Å². The molecular formula is C15H18N4O. The molecule has 0 unspecified atom stereocenters. The Kier molecular flexibility index (Phi) is 2.65. The van der Waals surface area contributed by atoms with E-state index in [2.05, 4.69) is 20.7 Å². The molecule has 0 bridgehead atoms. The normalized spacial score (nSPS) is 17.1. The van der Waals surface area contributed by atoms with Crippen molar-refractivity contribution in [2.24, 2.45) is 0 Å². The molecule has 3 heterocycles. The van der Waals surface area contributed by atoms with Crippen molar-refractivity contribution in [3.05, 3.63) is 18.5 Å². The number of aromatic amines is 1. The van der Waals surface area contributed by atoms with Crippen molar-refractivity contribution in [3.63, 3.8) is 0 Å². The largest absolute Gasteiger partial charge is 0.479 e. The van der Waals surface area contributed by atoms with Gasteiger partial charge in [0.1, 0.15) is 5.65 Å². The maximum absolute atomic E-state index is 5.44. The second kappa shape index (κ2) is 4.51. The Balaban J connectivity index is 2.00. The lowest BCUT2D eigenvalue weighted by Gasteiger charge is -2.22. The second-order valence-electron chi connectivity index (χ2n) is 5.51. The molecule has 0 aliphatic heterocycles. The van der Waals surface area contributed by atoms with Gasteiger partial charge in [0.05, 0.1) is 24.1 Å². The van der Waals surface area contributed by atoms with Gasteiger partial charge >= 0.3 is 0 Å². The van der Waals surface area contributed by atoms with E-state index in [0.29, 0.717) is 11.9 Å². The third-order valence-electron chi connectivity index (χ3n) is 4.33. The number of hydrogen-bond acceptors (Lipinski definition) is 3. The third-order valence-corrected chi connectivity index (χ3v) is 4.33. The number of pyridine rings is 1. The zero-order valence-corrected chi connectivity index (χ0v) is 11.6. The van der Waals surface area contributed by atoms with Gasteiger partial charge in [0.25, 0.3) is 0 Å². The minimum atomic E-state index is 0.482. The van der Waals surface area contributed by atoms with Crippen LogP contribution in [0.5, 0.6) is 5.88 Å². The van der Waals surface area contributed by atoms with Crippen molar-refractivity contribution in [1.82, 2.24) is 19.7 Å². The summed E-state index contributed by atoms with van der Waals surface area (Å²) in [5.74, 6) is 0.682. The quantitative estimate of drug-likeness (QED) is 0.776. The molecule has 1 saturated carbocycles. The van der Waals surface area contributed by atoms with Gasteiger partial charge in [-0.25, -0.2) is 4.98 Å². The lowest BCUT2D eigenvalue weighted by atomic mass is 9.95. The first-order chi connectivity index (χ1) is 9.88. The fraction of sp³-hybridized carbons (Fsp3) is 0.467. The maximum atomic E-state index is 5.44. The molecule has 0 saturated heterocycles. The summed E-state index contributed by atoms with van der Waals surface area (Å²) in [4.78, 5) is 7.62. The Morgan fingerprint density at radius 3 is 2.90 bits per heavy atom. The van der Waals surface area contributed by atoms with Crippen molar-refractivity contribution in [1.29, 1.82) is 0 Å². The molecule has 1 aliphatic rings. The van der Waals surface area contributed by atoms with E-state index in [9.17, 15) is 0 Å². The summed E-state index contributed by atoms with van der Waals surface area (Å²) < 4.78 is 7.61. The zero-order valence-electron chi connectivity index (χ0n) is 11.6. The first kappa shape index (κ1) is 11.8. The molecule has 1 N–H and O–H groups in total. The van der Waals surface area contributed by atoms with Gasteiger partial charge in [-0.1, -0.05) is 19.3 Å². The Bertz CT molecular complexity index is 752. The van der Waals surface area contributed by atoms with Gasteiger partial charge in [-0.2, -0.15) is 0 Å². The molecule has 1 aliphatic carbocycles. The molecule has 0 amide bonds. The lowest BCUT2D eigenvalue weighted by Crippen LogP contribution is -2.14. The number of fused-ring (bicyclic) bond motifs is 3. The summed E-state index contributed by atoms with van der Waals surface area (Å²) in [6.45, 7) is 0. The van der Waals surface area contributed by atoms with Gasteiger partial charge in [0.2, 0.25) is 5.88 Å². The minimum absolute atomic E-state index is 0.482. The van der Waals surface area contributed by atoms with Crippen molar-refractivity contribution in [2.75, 3.05) is 7.11 Å². The van der Waals surface area contributed by atoms with Crippen molar-refractivity contribution in [3.8, 4) is 5.88 Å². The van der Waals surface area contributed by atoms with Gasteiger partial charge in [-0.05, 0) is 18.9 Å². The summed E-state index contributed by atoms with van der Waals surface area (Å²) in [6, 6.07) is 2.56. The van der Waals surface area contributed by atoms with E-state index in [1.165, 1.54) is 32.1 Å². The fourth-order valence-corrected chi connectivity index (χ4v) is 3.34. The summed E-state index contributed by atoms with van der Waals surface area (Å²) in [7, 11) is 1.67. The van der Waals surface area contributed by atoms with Crippen LogP contribution in [0.2, 0.25) is 0 Å². The Hall–Kier alpha value is -2.04. The van der Waals surface area contributed by atoms with Crippen LogP contribution < -0.4 is 4.74 Å². The molecule has 0 atom stereocenters. The van der Waals surface area contributed by atoms with Gasteiger partial charge in [-0.3, -0.25) is 4.68 Å². The molecule has 3 aromatic rings. The number of hydrogen-bond donors (Lipinski definition) is 1. The molecule has 4 rings (SSSR count). The van der Waals surface area contributed by atoms with Gasteiger partial charge < -0.3 is 9.72 Å². The van der Waals surface area contributed by atoms with E-state index in [-0.39, 0.29) is 0 Å². The Labute approximate surface area is 116 Å². The number of methoxy groups -OCH3 is 1. The number of nitrogens with zero attached hydrogens (tertiary/aromatic N) is 3. The van der Waals surface area contributed by atoms with Crippen LogP contribution in [0.4, 0.5) is 0 Å². The highest BCUT2D eigenvalue weighted by atomic mass is 16.5. The van der Waals surface area contributed by atoms with Crippen LogP contribution in [0.15, 0.2) is 18.5 Å². The zero-order chi connectivity index (χ0) is 13.5. The molecule has 104 valence electrons. The Morgan fingerprint density at radius 2 is 2.10 bits per heavy atom. The number of aromatic nitrogens is 4. The van der Waals surface area contributed by atoms with Crippen LogP contribution >= 0.6 is 0 Å². The fourth-order valence-electron chi connectivity index (χ4n) is 3.34. The molecule has 5 nitrogen and oxygen atoms in total. The van der Waals surface area contributed by atoms with E-state index in [4.69, 9.17) is 9.84 Å². The number of rotatable bonds is 2. The first-order valence-corrected chi connectivity index (χ1v) is 7.27.